The van der Waals surface area contributed by atoms with Crippen LogP contribution in [0.5, 0.6) is 0 Å². The van der Waals surface area contributed by atoms with E-state index in [-0.39, 0.29) is 32.0 Å². The largest absolute Gasteiger partial charge is 0.391 e. The van der Waals surface area contributed by atoms with Gasteiger partial charge >= 0.3 is 22.4 Å². The zero-order chi connectivity index (χ0) is 17.8. The smallest absolute Gasteiger partial charge is 0.335 e. The molecule has 10 heteroatoms. The van der Waals surface area contributed by atoms with Gasteiger partial charge in [-0.2, -0.15) is 25.9 Å². The van der Waals surface area contributed by atoms with E-state index in [1.807, 2.05) is 4.72 Å². The molecule has 2 amide bonds. The third kappa shape index (κ3) is 5.51. The van der Waals surface area contributed by atoms with Gasteiger partial charge < -0.3 is 5.32 Å². The lowest BCUT2D eigenvalue weighted by atomic mass is 9.98. The van der Waals surface area contributed by atoms with Gasteiger partial charge in [0.25, 0.3) is 0 Å². The van der Waals surface area contributed by atoms with Gasteiger partial charge in [0.1, 0.15) is 0 Å². The summed E-state index contributed by atoms with van der Waals surface area (Å²) in [5, 5.41) is 2.65. The zero-order valence-electron chi connectivity index (χ0n) is 13.4. The number of halogens is 3. The summed E-state index contributed by atoms with van der Waals surface area (Å²) in [6, 6.07) is -0.862. The molecule has 24 heavy (non-hydrogen) atoms. The van der Waals surface area contributed by atoms with Gasteiger partial charge in [-0.15, -0.1) is 0 Å². The quantitative estimate of drug-likeness (QED) is 0.749. The van der Waals surface area contributed by atoms with E-state index >= 15 is 0 Å². The number of nitrogens with one attached hydrogen (secondary N) is 2. The van der Waals surface area contributed by atoms with Gasteiger partial charge in [0.15, 0.2) is 0 Å². The van der Waals surface area contributed by atoms with Crippen LogP contribution in [0.25, 0.3) is 0 Å². The number of alkyl halides is 3. The molecule has 0 unspecified atom stereocenters. The van der Waals surface area contributed by atoms with E-state index in [9.17, 15) is 26.4 Å². The maximum Gasteiger partial charge on any atom is 0.391 e. The zero-order valence-corrected chi connectivity index (χ0v) is 14.3. The Morgan fingerprint density at radius 1 is 0.958 bits per heavy atom. The van der Waals surface area contributed by atoms with Crippen molar-refractivity contribution < 1.29 is 26.4 Å². The van der Waals surface area contributed by atoms with Crippen LogP contribution in [0.1, 0.15) is 51.4 Å². The third-order valence-corrected chi connectivity index (χ3v) is 6.16. The molecule has 6 nitrogen and oxygen atoms in total. The summed E-state index contributed by atoms with van der Waals surface area (Å²) in [7, 11) is -4.11. The van der Waals surface area contributed by atoms with Gasteiger partial charge in [-0.3, -0.25) is 0 Å². The molecule has 0 radical (unpaired) electrons. The number of piperidine rings is 1. The Bertz CT molecular complexity index is 523. The van der Waals surface area contributed by atoms with E-state index in [2.05, 4.69) is 5.32 Å². The average molecular weight is 371 g/mol. The van der Waals surface area contributed by atoms with E-state index < -0.39 is 28.3 Å². The van der Waals surface area contributed by atoms with Gasteiger partial charge in [-0.05, 0) is 25.7 Å². The summed E-state index contributed by atoms with van der Waals surface area (Å²) in [5.41, 5.74) is 0. The molecule has 0 spiro atoms. The monoisotopic (exact) mass is 371 g/mol. The first-order chi connectivity index (χ1) is 11.2. The Labute approximate surface area is 140 Å². The Morgan fingerprint density at radius 2 is 1.50 bits per heavy atom. The summed E-state index contributed by atoms with van der Waals surface area (Å²) in [4.78, 5) is 11.9. The van der Waals surface area contributed by atoms with Crippen LogP contribution in [0, 0.1) is 5.92 Å². The summed E-state index contributed by atoms with van der Waals surface area (Å²) in [5.74, 6) is -1.48. The van der Waals surface area contributed by atoms with Gasteiger partial charge in [0.05, 0.1) is 5.92 Å². The summed E-state index contributed by atoms with van der Waals surface area (Å²) >= 11 is 0. The first-order valence-electron chi connectivity index (χ1n) is 8.33. The number of hydrogen-bond acceptors (Lipinski definition) is 3. The van der Waals surface area contributed by atoms with Crippen LogP contribution < -0.4 is 10.0 Å². The SMILES string of the molecule is O=C(NC1CCCCCC1)NS(=O)(=O)N1CCC(C(F)(F)F)CC1. The topological polar surface area (TPSA) is 78.5 Å². The number of nitrogens with zero attached hydrogens (tertiary/aromatic N) is 1. The Hall–Kier alpha value is -1.03. The number of urea groups is 1. The van der Waals surface area contributed by atoms with Crippen molar-refractivity contribution in [1.82, 2.24) is 14.3 Å². The minimum atomic E-state index is -4.31. The van der Waals surface area contributed by atoms with Crippen LogP contribution in [-0.4, -0.2) is 44.1 Å². The third-order valence-electron chi connectivity index (χ3n) is 4.67. The molecule has 1 saturated heterocycles. The molecular formula is C14H24F3N3O3S. The van der Waals surface area contributed by atoms with Crippen molar-refractivity contribution in [3.8, 4) is 0 Å². The van der Waals surface area contributed by atoms with Crippen LogP contribution in [0.2, 0.25) is 0 Å². The molecule has 2 rings (SSSR count). The maximum atomic E-state index is 12.6. The highest BCUT2D eigenvalue weighted by atomic mass is 32.2. The fraction of sp³-hybridized carbons (Fsp3) is 0.929. The molecule has 1 saturated carbocycles. The fourth-order valence-electron chi connectivity index (χ4n) is 3.24. The Balaban J connectivity index is 1.83. The number of carbonyl (C=O) groups excluding carboxylic acids is 1. The van der Waals surface area contributed by atoms with Crippen LogP contribution >= 0.6 is 0 Å². The van der Waals surface area contributed by atoms with Gasteiger partial charge in [-0.25, -0.2) is 9.52 Å². The molecule has 1 heterocycles. The highest BCUT2D eigenvalue weighted by Gasteiger charge is 2.43. The summed E-state index contributed by atoms with van der Waals surface area (Å²) in [6.07, 6.45) is 0.933. The summed E-state index contributed by atoms with van der Waals surface area (Å²) < 4.78 is 65.0. The predicted octanol–water partition coefficient (Wildman–Crippen LogP) is 2.53. The lowest BCUT2D eigenvalue weighted by molar-refractivity contribution is -0.182. The highest BCUT2D eigenvalue weighted by Crippen LogP contribution is 2.34. The van der Waals surface area contributed by atoms with Gasteiger partial charge in [0.2, 0.25) is 0 Å². The minimum Gasteiger partial charge on any atom is -0.335 e. The normalized spacial score (nSPS) is 22.8. The molecule has 0 aromatic heterocycles. The molecule has 2 N–H and O–H groups in total. The molecule has 1 aliphatic heterocycles. The van der Waals surface area contributed by atoms with Crippen molar-refractivity contribution in [2.24, 2.45) is 5.92 Å². The lowest BCUT2D eigenvalue weighted by Crippen LogP contribution is -2.52. The second-order valence-electron chi connectivity index (χ2n) is 6.48. The van der Waals surface area contributed by atoms with Crippen LogP contribution in [0.3, 0.4) is 0 Å². The van der Waals surface area contributed by atoms with E-state index in [0.717, 1.165) is 42.8 Å². The molecule has 140 valence electrons. The van der Waals surface area contributed by atoms with E-state index in [1.54, 1.807) is 0 Å². The molecule has 0 aromatic carbocycles. The lowest BCUT2D eigenvalue weighted by Gasteiger charge is -2.32. The van der Waals surface area contributed by atoms with Gasteiger partial charge in [-0.1, -0.05) is 25.7 Å². The Kier molecular flexibility index (Phi) is 6.35. The minimum absolute atomic E-state index is 0.0568. The first kappa shape index (κ1) is 19.3. The van der Waals surface area contributed by atoms with Crippen molar-refractivity contribution in [3.63, 3.8) is 0 Å². The summed E-state index contributed by atoms with van der Waals surface area (Å²) in [6.45, 7) is -0.480. The molecular weight excluding hydrogens is 347 g/mol. The van der Waals surface area contributed by atoms with Crippen LogP contribution in [0.15, 0.2) is 0 Å². The van der Waals surface area contributed by atoms with Gasteiger partial charge in [0, 0.05) is 19.1 Å². The van der Waals surface area contributed by atoms with Crippen LogP contribution in [0.4, 0.5) is 18.0 Å². The highest BCUT2D eigenvalue weighted by molar-refractivity contribution is 7.87. The fourth-order valence-corrected chi connectivity index (χ4v) is 4.36. The molecule has 1 aliphatic carbocycles. The molecule has 2 fully saturated rings. The van der Waals surface area contributed by atoms with Crippen molar-refractivity contribution in [2.45, 2.75) is 63.6 Å². The molecule has 2 aliphatic rings. The van der Waals surface area contributed by atoms with Crippen molar-refractivity contribution in [1.29, 1.82) is 0 Å². The van der Waals surface area contributed by atoms with Crippen molar-refractivity contribution in [2.75, 3.05) is 13.1 Å². The van der Waals surface area contributed by atoms with Crippen molar-refractivity contribution in [3.05, 3.63) is 0 Å². The van der Waals surface area contributed by atoms with E-state index in [0.29, 0.717) is 0 Å². The number of amides is 2. The standard InChI is InChI=1S/C14H24F3N3O3S/c15-14(16,17)11-7-9-20(10-8-11)24(22,23)19-13(21)18-12-5-3-1-2-4-6-12/h11-12H,1-10H2,(H2,18,19,21). The molecule has 0 aromatic rings. The maximum absolute atomic E-state index is 12.6. The Morgan fingerprint density at radius 3 is 2.00 bits per heavy atom. The van der Waals surface area contributed by atoms with Crippen LogP contribution in [-0.2, 0) is 10.2 Å². The number of hydrogen-bond donors (Lipinski definition) is 2. The van der Waals surface area contributed by atoms with Crippen molar-refractivity contribution >= 4 is 16.2 Å². The molecule has 0 atom stereocenters. The number of carbonyl (C=O) groups is 1. The first-order valence-corrected chi connectivity index (χ1v) is 9.77. The average Bonchev–Trinajstić information content (AvgIpc) is 2.74. The van der Waals surface area contributed by atoms with E-state index in [1.165, 1.54) is 0 Å². The molecule has 0 bridgehead atoms. The predicted molar refractivity (Wildman–Crippen MR) is 82.4 cm³/mol. The number of rotatable bonds is 3. The second-order valence-corrected chi connectivity index (χ2v) is 8.15. The van der Waals surface area contributed by atoms with E-state index in [4.69, 9.17) is 0 Å². The second kappa shape index (κ2) is 7.90.